The van der Waals surface area contributed by atoms with Crippen molar-refractivity contribution in [3.63, 3.8) is 0 Å². The van der Waals surface area contributed by atoms with Gasteiger partial charge in [-0.05, 0) is 36.6 Å². The molecule has 0 aromatic heterocycles. The number of hydrogen-bond acceptors (Lipinski definition) is 1. The van der Waals surface area contributed by atoms with Crippen LogP contribution in [0.1, 0.15) is 40.0 Å². The molecular formula is C9H19N. The Morgan fingerprint density at radius 3 is 1.90 bits per heavy atom. The molecule has 1 aliphatic rings. The van der Waals surface area contributed by atoms with Gasteiger partial charge in [-0.1, -0.05) is 20.8 Å². The van der Waals surface area contributed by atoms with Crippen molar-refractivity contribution < 1.29 is 0 Å². The van der Waals surface area contributed by atoms with Gasteiger partial charge in [-0.25, -0.2) is 0 Å². The zero-order chi connectivity index (χ0) is 7.83. The summed E-state index contributed by atoms with van der Waals surface area (Å²) < 4.78 is 0. The minimum atomic E-state index is 0.517. The van der Waals surface area contributed by atoms with Gasteiger partial charge in [0.15, 0.2) is 0 Å². The van der Waals surface area contributed by atoms with Crippen molar-refractivity contribution >= 4 is 0 Å². The van der Waals surface area contributed by atoms with E-state index in [9.17, 15) is 0 Å². The third-order valence-electron chi connectivity index (χ3n) is 2.89. The van der Waals surface area contributed by atoms with Crippen molar-refractivity contribution in [2.45, 2.75) is 40.0 Å². The maximum atomic E-state index is 5.70. The zero-order valence-electron chi connectivity index (χ0n) is 7.41. The van der Waals surface area contributed by atoms with Crippen LogP contribution in [0.3, 0.4) is 0 Å². The standard InChI is InChI=1S/C9H19N/c1-4-9(7-10)5-8(2,3)6-9/h4-7,10H2,1-3H3. The van der Waals surface area contributed by atoms with E-state index < -0.39 is 0 Å². The van der Waals surface area contributed by atoms with Gasteiger partial charge in [0.2, 0.25) is 0 Å². The van der Waals surface area contributed by atoms with E-state index in [0.717, 1.165) is 6.54 Å². The van der Waals surface area contributed by atoms with Crippen LogP contribution in [0.5, 0.6) is 0 Å². The summed E-state index contributed by atoms with van der Waals surface area (Å²) in [6.07, 6.45) is 3.91. The van der Waals surface area contributed by atoms with E-state index in [1.807, 2.05) is 0 Å². The maximum absolute atomic E-state index is 5.70. The Hall–Kier alpha value is -0.0400. The summed E-state index contributed by atoms with van der Waals surface area (Å²) in [4.78, 5) is 0. The number of nitrogens with two attached hydrogens (primary N) is 1. The molecule has 0 radical (unpaired) electrons. The molecule has 0 unspecified atom stereocenters. The molecule has 0 aromatic carbocycles. The fourth-order valence-electron chi connectivity index (χ4n) is 2.52. The minimum Gasteiger partial charge on any atom is -0.330 e. The SMILES string of the molecule is CCC1(CN)CC(C)(C)C1. The predicted molar refractivity (Wildman–Crippen MR) is 44.8 cm³/mol. The third kappa shape index (κ3) is 1.20. The molecule has 2 N–H and O–H groups in total. The lowest BCUT2D eigenvalue weighted by Gasteiger charge is -2.52. The highest BCUT2D eigenvalue weighted by molar-refractivity contribution is 4.98. The molecule has 0 amide bonds. The van der Waals surface area contributed by atoms with E-state index >= 15 is 0 Å². The molecule has 0 aromatic rings. The average molecular weight is 141 g/mol. The first-order valence-corrected chi connectivity index (χ1v) is 4.24. The molecule has 1 aliphatic carbocycles. The molecule has 1 rings (SSSR count). The molecule has 60 valence electrons. The average Bonchev–Trinajstić information content (AvgIpc) is 1.82. The van der Waals surface area contributed by atoms with Crippen molar-refractivity contribution in [2.75, 3.05) is 6.54 Å². The molecule has 0 saturated heterocycles. The quantitative estimate of drug-likeness (QED) is 0.626. The monoisotopic (exact) mass is 141 g/mol. The smallest absolute Gasteiger partial charge is 0.00202 e. The van der Waals surface area contributed by atoms with Crippen LogP contribution >= 0.6 is 0 Å². The van der Waals surface area contributed by atoms with Gasteiger partial charge in [0.05, 0.1) is 0 Å². The topological polar surface area (TPSA) is 26.0 Å². The van der Waals surface area contributed by atoms with E-state index in [1.54, 1.807) is 0 Å². The summed E-state index contributed by atoms with van der Waals surface area (Å²) in [6.45, 7) is 7.79. The van der Waals surface area contributed by atoms with Gasteiger partial charge in [0, 0.05) is 0 Å². The predicted octanol–water partition coefficient (Wildman–Crippen LogP) is 2.16. The normalized spacial score (nSPS) is 27.6. The van der Waals surface area contributed by atoms with Crippen LogP contribution in [-0.2, 0) is 0 Å². The Balaban J connectivity index is 2.46. The molecule has 0 heterocycles. The molecular weight excluding hydrogens is 122 g/mol. The van der Waals surface area contributed by atoms with Crippen molar-refractivity contribution in [1.29, 1.82) is 0 Å². The molecule has 1 fully saturated rings. The fraction of sp³-hybridized carbons (Fsp3) is 1.00. The van der Waals surface area contributed by atoms with Crippen LogP contribution in [0.15, 0.2) is 0 Å². The number of rotatable bonds is 2. The highest BCUT2D eigenvalue weighted by Gasteiger charge is 2.46. The van der Waals surface area contributed by atoms with E-state index in [0.29, 0.717) is 10.8 Å². The summed E-state index contributed by atoms with van der Waals surface area (Å²) in [6, 6.07) is 0. The van der Waals surface area contributed by atoms with E-state index in [2.05, 4.69) is 20.8 Å². The van der Waals surface area contributed by atoms with Gasteiger partial charge in [-0.3, -0.25) is 0 Å². The Kier molecular flexibility index (Phi) is 1.80. The van der Waals surface area contributed by atoms with Crippen molar-refractivity contribution in [2.24, 2.45) is 16.6 Å². The molecule has 10 heavy (non-hydrogen) atoms. The zero-order valence-corrected chi connectivity index (χ0v) is 7.41. The second-order valence-electron chi connectivity index (χ2n) is 4.58. The Morgan fingerprint density at radius 2 is 1.80 bits per heavy atom. The lowest BCUT2D eigenvalue weighted by molar-refractivity contribution is -0.00837. The summed E-state index contributed by atoms with van der Waals surface area (Å²) in [5.74, 6) is 0. The maximum Gasteiger partial charge on any atom is -0.00202 e. The van der Waals surface area contributed by atoms with Crippen molar-refractivity contribution in [1.82, 2.24) is 0 Å². The number of hydrogen-bond donors (Lipinski definition) is 1. The van der Waals surface area contributed by atoms with Gasteiger partial charge < -0.3 is 5.73 Å². The summed E-state index contributed by atoms with van der Waals surface area (Å²) in [5.41, 5.74) is 6.80. The molecule has 0 aliphatic heterocycles. The highest BCUT2D eigenvalue weighted by Crippen LogP contribution is 2.55. The molecule has 0 spiro atoms. The molecule has 0 bridgehead atoms. The summed E-state index contributed by atoms with van der Waals surface area (Å²) in [5, 5.41) is 0. The van der Waals surface area contributed by atoms with Crippen LogP contribution in [-0.4, -0.2) is 6.54 Å². The van der Waals surface area contributed by atoms with E-state index in [-0.39, 0.29) is 0 Å². The molecule has 1 saturated carbocycles. The van der Waals surface area contributed by atoms with E-state index in [4.69, 9.17) is 5.73 Å². The molecule has 1 nitrogen and oxygen atoms in total. The van der Waals surface area contributed by atoms with Crippen LogP contribution in [0.4, 0.5) is 0 Å². The lowest BCUT2D eigenvalue weighted by Crippen LogP contribution is -2.47. The van der Waals surface area contributed by atoms with Gasteiger partial charge in [0.25, 0.3) is 0 Å². The summed E-state index contributed by atoms with van der Waals surface area (Å²) >= 11 is 0. The fourth-order valence-corrected chi connectivity index (χ4v) is 2.52. The Bertz CT molecular complexity index is 113. The van der Waals surface area contributed by atoms with Crippen LogP contribution in [0.25, 0.3) is 0 Å². The van der Waals surface area contributed by atoms with Crippen LogP contribution in [0, 0.1) is 10.8 Å². The summed E-state index contributed by atoms with van der Waals surface area (Å²) in [7, 11) is 0. The van der Waals surface area contributed by atoms with E-state index in [1.165, 1.54) is 19.3 Å². The minimum absolute atomic E-state index is 0.517. The van der Waals surface area contributed by atoms with Crippen molar-refractivity contribution in [3.8, 4) is 0 Å². The lowest BCUT2D eigenvalue weighted by atomic mass is 9.53. The van der Waals surface area contributed by atoms with Crippen LogP contribution in [0.2, 0.25) is 0 Å². The first kappa shape index (κ1) is 8.06. The molecule has 1 heteroatoms. The Morgan fingerprint density at radius 1 is 1.30 bits per heavy atom. The van der Waals surface area contributed by atoms with Gasteiger partial charge in [0.1, 0.15) is 0 Å². The molecule has 0 atom stereocenters. The van der Waals surface area contributed by atoms with Gasteiger partial charge >= 0.3 is 0 Å². The Labute approximate surface area is 64.0 Å². The van der Waals surface area contributed by atoms with Crippen LogP contribution < -0.4 is 5.73 Å². The first-order valence-electron chi connectivity index (χ1n) is 4.24. The highest BCUT2D eigenvalue weighted by atomic mass is 14.7. The third-order valence-corrected chi connectivity index (χ3v) is 2.89. The largest absolute Gasteiger partial charge is 0.330 e. The second kappa shape index (κ2) is 2.23. The first-order chi connectivity index (χ1) is 4.54. The second-order valence-corrected chi connectivity index (χ2v) is 4.58. The van der Waals surface area contributed by atoms with Crippen molar-refractivity contribution in [3.05, 3.63) is 0 Å². The van der Waals surface area contributed by atoms with Gasteiger partial charge in [-0.2, -0.15) is 0 Å². The van der Waals surface area contributed by atoms with Gasteiger partial charge in [-0.15, -0.1) is 0 Å².